The summed E-state index contributed by atoms with van der Waals surface area (Å²) in [6.45, 7) is 1.79. The molecule has 3 aromatic rings. The summed E-state index contributed by atoms with van der Waals surface area (Å²) in [6, 6.07) is 19.1. The average molecular weight is 316 g/mol. The third-order valence-electron chi connectivity index (χ3n) is 3.72. The highest BCUT2D eigenvalue weighted by Crippen LogP contribution is 2.34. The van der Waals surface area contributed by atoms with E-state index in [-0.39, 0.29) is 12.4 Å². The maximum absolute atomic E-state index is 6.16. The van der Waals surface area contributed by atoms with Crippen molar-refractivity contribution in [2.24, 2.45) is 0 Å². The number of hydrogen-bond acceptors (Lipinski definition) is 2. The fourth-order valence-electron chi connectivity index (χ4n) is 2.68. The Morgan fingerprint density at radius 2 is 1.41 bits per heavy atom. The number of fused-ring (bicyclic) bond motifs is 2. The molecule has 0 spiro atoms. The lowest BCUT2D eigenvalue weighted by Gasteiger charge is -2.14. The molecule has 0 radical (unpaired) electrons. The Labute approximate surface area is 138 Å². The lowest BCUT2D eigenvalue weighted by atomic mass is 10.0. The van der Waals surface area contributed by atoms with Gasteiger partial charge in [-0.3, -0.25) is 0 Å². The van der Waals surface area contributed by atoms with Crippen molar-refractivity contribution < 1.29 is 4.74 Å². The van der Waals surface area contributed by atoms with Gasteiger partial charge < -0.3 is 9.64 Å². The van der Waals surface area contributed by atoms with Crippen LogP contribution in [0.1, 0.15) is 6.42 Å². The van der Waals surface area contributed by atoms with Crippen molar-refractivity contribution in [1.82, 2.24) is 4.90 Å². The van der Waals surface area contributed by atoms with Gasteiger partial charge in [0.1, 0.15) is 5.75 Å². The molecule has 3 rings (SSSR count). The van der Waals surface area contributed by atoms with E-state index in [1.807, 2.05) is 0 Å². The lowest BCUT2D eigenvalue weighted by Crippen LogP contribution is -2.15. The summed E-state index contributed by atoms with van der Waals surface area (Å²) < 4.78 is 6.16. The van der Waals surface area contributed by atoms with Crippen molar-refractivity contribution in [3.8, 4) is 5.75 Å². The first-order valence-electron chi connectivity index (χ1n) is 7.44. The van der Waals surface area contributed by atoms with Crippen molar-refractivity contribution in [3.05, 3.63) is 54.6 Å². The van der Waals surface area contributed by atoms with Crippen molar-refractivity contribution in [2.45, 2.75) is 6.42 Å². The molecule has 3 aromatic carbocycles. The summed E-state index contributed by atoms with van der Waals surface area (Å²) in [5.74, 6) is 1.02. The normalized spacial score (nSPS) is 10.9. The van der Waals surface area contributed by atoms with Crippen molar-refractivity contribution in [1.29, 1.82) is 0 Å². The second kappa shape index (κ2) is 7.48. The smallest absolute Gasteiger partial charge is 0.134 e. The van der Waals surface area contributed by atoms with E-state index in [9.17, 15) is 0 Å². The highest BCUT2D eigenvalue weighted by Gasteiger charge is 2.08. The molecule has 0 bridgehead atoms. The zero-order valence-electron chi connectivity index (χ0n) is 13.1. The van der Waals surface area contributed by atoms with Crippen LogP contribution in [0.3, 0.4) is 0 Å². The second-order valence-electron chi connectivity index (χ2n) is 5.65. The Kier molecular flexibility index (Phi) is 5.64. The topological polar surface area (TPSA) is 12.5 Å². The summed E-state index contributed by atoms with van der Waals surface area (Å²) in [5.41, 5.74) is 0. The maximum atomic E-state index is 6.16. The number of hydrogen-bond donors (Lipinski definition) is 0. The molecule has 0 amide bonds. The van der Waals surface area contributed by atoms with Crippen LogP contribution in [0.25, 0.3) is 21.5 Å². The van der Waals surface area contributed by atoms with Gasteiger partial charge in [-0.25, -0.2) is 0 Å². The van der Waals surface area contributed by atoms with Crippen molar-refractivity contribution in [3.63, 3.8) is 0 Å². The molecule has 3 heteroatoms. The SMILES string of the molecule is CN(C)CCCOc1c2ccccc2cc2ccccc12.Cl. The zero-order valence-corrected chi connectivity index (χ0v) is 13.9. The first-order chi connectivity index (χ1) is 10.3. The monoisotopic (exact) mass is 315 g/mol. The van der Waals surface area contributed by atoms with Crippen LogP contribution in [0.2, 0.25) is 0 Å². The predicted molar refractivity (Wildman–Crippen MR) is 97.4 cm³/mol. The quantitative estimate of drug-likeness (QED) is 0.498. The highest BCUT2D eigenvalue weighted by molar-refractivity contribution is 6.05. The summed E-state index contributed by atoms with van der Waals surface area (Å²) >= 11 is 0. The van der Waals surface area contributed by atoms with Gasteiger partial charge in [0.2, 0.25) is 0 Å². The Hall–Kier alpha value is -1.77. The molecule has 0 atom stereocenters. The largest absolute Gasteiger partial charge is 0.492 e. The van der Waals surface area contributed by atoms with Gasteiger partial charge in [0.05, 0.1) is 6.61 Å². The van der Waals surface area contributed by atoms with Gasteiger partial charge in [0.15, 0.2) is 0 Å². The van der Waals surface area contributed by atoms with Crippen LogP contribution < -0.4 is 4.74 Å². The molecule has 22 heavy (non-hydrogen) atoms. The van der Waals surface area contributed by atoms with Gasteiger partial charge in [-0.05, 0) is 37.4 Å². The Bertz CT molecular complexity index is 701. The molecule has 0 aliphatic heterocycles. The van der Waals surface area contributed by atoms with Crippen LogP contribution in [0.4, 0.5) is 0 Å². The van der Waals surface area contributed by atoms with Gasteiger partial charge in [0.25, 0.3) is 0 Å². The lowest BCUT2D eigenvalue weighted by molar-refractivity contribution is 0.286. The molecule has 0 saturated heterocycles. The fourth-order valence-corrected chi connectivity index (χ4v) is 2.68. The fraction of sp³-hybridized carbons (Fsp3) is 0.263. The van der Waals surface area contributed by atoms with E-state index < -0.39 is 0 Å². The number of halogens is 1. The van der Waals surface area contributed by atoms with Gasteiger partial charge in [-0.2, -0.15) is 0 Å². The maximum Gasteiger partial charge on any atom is 0.134 e. The average Bonchev–Trinajstić information content (AvgIpc) is 2.50. The van der Waals surface area contributed by atoms with E-state index >= 15 is 0 Å². The molecule has 0 heterocycles. The molecule has 0 fully saturated rings. The third-order valence-corrected chi connectivity index (χ3v) is 3.72. The van der Waals surface area contributed by atoms with Gasteiger partial charge >= 0.3 is 0 Å². The molecule has 0 N–H and O–H groups in total. The predicted octanol–water partition coefficient (Wildman–Crippen LogP) is 4.75. The van der Waals surface area contributed by atoms with Gasteiger partial charge in [0, 0.05) is 17.3 Å². The Morgan fingerprint density at radius 3 is 1.95 bits per heavy atom. The molecule has 116 valence electrons. The minimum Gasteiger partial charge on any atom is -0.492 e. The highest BCUT2D eigenvalue weighted by atomic mass is 35.5. The van der Waals surface area contributed by atoms with Crippen molar-refractivity contribution in [2.75, 3.05) is 27.2 Å². The standard InChI is InChI=1S/C19H21NO.ClH/c1-20(2)12-7-13-21-19-17-10-5-3-8-15(17)14-16-9-4-6-11-18(16)19;/h3-6,8-11,14H,7,12-13H2,1-2H3;1H. The number of rotatable bonds is 5. The minimum absolute atomic E-state index is 0. The molecule has 0 saturated carbocycles. The first-order valence-corrected chi connectivity index (χ1v) is 7.44. The van der Waals surface area contributed by atoms with Crippen LogP contribution in [0.15, 0.2) is 54.6 Å². The molecule has 0 unspecified atom stereocenters. The van der Waals surface area contributed by atoms with E-state index in [0.29, 0.717) is 0 Å². The Morgan fingerprint density at radius 1 is 0.864 bits per heavy atom. The first kappa shape index (κ1) is 16.6. The summed E-state index contributed by atoms with van der Waals surface area (Å²) in [7, 11) is 4.18. The van der Waals surface area contributed by atoms with E-state index in [2.05, 4.69) is 73.6 Å². The third kappa shape index (κ3) is 3.52. The minimum atomic E-state index is 0. The summed E-state index contributed by atoms with van der Waals surface area (Å²) in [6.07, 6.45) is 1.03. The molecular formula is C19H22ClNO. The van der Waals surface area contributed by atoms with E-state index in [1.54, 1.807) is 0 Å². The van der Waals surface area contributed by atoms with Gasteiger partial charge in [-0.15, -0.1) is 12.4 Å². The van der Waals surface area contributed by atoms with Crippen LogP contribution in [0, 0.1) is 0 Å². The summed E-state index contributed by atoms with van der Waals surface area (Å²) in [5, 5.41) is 4.86. The van der Waals surface area contributed by atoms with Crippen LogP contribution in [-0.4, -0.2) is 32.1 Å². The van der Waals surface area contributed by atoms with Crippen LogP contribution in [0.5, 0.6) is 5.75 Å². The molecule has 2 nitrogen and oxygen atoms in total. The van der Waals surface area contributed by atoms with E-state index in [1.165, 1.54) is 21.5 Å². The van der Waals surface area contributed by atoms with Gasteiger partial charge in [-0.1, -0.05) is 48.5 Å². The molecule has 0 aromatic heterocycles. The van der Waals surface area contributed by atoms with Crippen molar-refractivity contribution >= 4 is 34.0 Å². The number of benzene rings is 3. The van der Waals surface area contributed by atoms with Crippen LogP contribution in [-0.2, 0) is 0 Å². The number of nitrogens with zero attached hydrogens (tertiary/aromatic N) is 1. The number of ether oxygens (including phenoxy) is 1. The molecule has 0 aliphatic rings. The molecular weight excluding hydrogens is 294 g/mol. The van der Waals surface area contributed by atoms with E-state index in [0.717, 1.165) is 25.3 Å². The zero-order chi connectivity index (χ0) is 14.7. The molecule has 0 aliphatic carbocycles. The van der Waals surface area contributed by atoms with E-state index in [4.69, 9.17) is 4.74 Å². The second-order valence-corrected chi connectivity index (χ2v) is 5.65. The summed E-state index contributed by atoms with van der Waals surface area (Å²) in [4.78, 5) is 2.19. The Balaban J connectivity index is 0.00000176. The van der Waals surface area contributed by atoms with Crippen LogP contribution >= 0.6 is 12.4 Å².